The highest BCUT2D eigenvalue weighted by molar-refractivity contribution is 5.46. The minimum atomic E-state index is 0.569. The Labute approximate surface area is 130 Å². The SMILES string of the molecule is CCCNc1nc(C2CCC(CC)CC2)nc(C)c1CC. The highest BCUT2D eigenvalue weighted by atomic mass is 15.0. The Kier molecular flexibility index (Phi) is 6.01. The molecule has 0 atom stereocenters. The van der Waals surface area contributed by atoms with Crippen molar-refractivity contribution in [3.8, 4) is 0 Å². The monoisotopic (exact) mass is 289 g/mol. The van der Waals surface area contributed by atoms with Crippen molar-refractivity contribution in [3.63, 3.8) is 0 Å². The second kappa shape index (κ2) is 7.77. The molecule has 1 aromatic rings. The molecule has 0 amide bonds. The highest BCUT2D eigenvalue weighted by Crippen LogP contribution is 2.36. The predicted molar refractivity (Wildman–Crippen MR) is 89.9 cm³/mol. The van der Waals surface area contributed by atoms with Crippen molar-refractivity contribution in [1.29, 1.82) is 0 Å². The van der Waals surface area contributed by atoms with E-state index in [0.29, 0.717) is 5.92 Å². The first-order valence-corrected chi connectivity index (χ1v) is 8.80. The minimum Gasteiger partial charge on any atom is -0.370 e. The van der Waals surface area contributed by atoms with Gasteiger partial charge in [0.05, 0.1) is 0 Å². The van der Waals surface area contributed by atoms with Crippen LogP contribution in [0.2, 0.25) is 0 Å². The molecule has 0 unspecified atom stereocenters. The van der Waals surface area contributed by atoms with Crippen molar-refractivity contribution in [3.05, 3.63) is 17.1 Å². The average Bonchev–Trinajstić information content (AvgIpc) is 2.52. The maximum absolute atomic E-state index is 4.89. The van der Waals surface area contributed by atoms with E-state index in [9.17, 15) is 0 Å². The molecule has 2 rings (SSSR count). The van der Waals surface area contributed by atoms with Gasteiger partial charge in [-0.25, -0.2) is 9.97 Å². The zero-order valence-corrected chi connectivity index (χ0v) is 14.2. The quantitative estimate of drug-likeness (QED) is 0.813. The van der Waals surface area contributed by atoms with Gasteiger partial charge < -0.3 is 5.32 Å². The topological polar surface area (TPSA) is 37.8 Å². The Morgan fingerprint density at radius 1 is 1.05 bits per heavy atom. The van der Waals surface area contributed by atoms with E-state index >= 15 is 0 Å². The number of rotatable bonds is 6. The second-order valence-corrected chi connectivity index (χ2v) is 6.40. The van der Waals surface area contributed by atoms with Crippen LogP contribution in [0, 0.1) is 12.8 Å². The Bertz CT molecular complexity index is 448. The van der Waals surface area contributed by atoms with Crippen LogP contribution in [0.3, 0.4) is 0 Å². The lowest BCUT2D eigenvalue weighted by atomic mass is 9.80. The van der Waals surface area contributed by atoms with Gasteiger partial charge >= 0.3 is 0 Å². The largest absolute Gasteiger partial charge is 0.370 e. The van der Waals surface area contributed by atoms with Gasteiger partial charge in [-0.05, 0) is 51.4 Å². The Balaban J connectivity index is 2.18. The van der Waals surface area contributed by atoms with E-state index in [2.05, 4.69) is 33.0 Å². The van der Waals surface area contributed by atoms with Gasteiger partial charge in [0.25, 0.3) is 0 Å². The van der Waals surface area contributed by atoms with Crippen LogP contribution in [0.1, 0.15) is 82.3 Å². The van der Waals surface area contributed by atoms with Crippen LogP contribution in [-0.2, 0) is 6.42 Å². The van der Waals surface area contributed by atoms with Crippen molar-refractivity contribution in [2.24, 2.45) is 5.92 Å². The van der Waals surface area contributed by atoms with Crippen molar-refractivity contribution >= 4 is 5.82 Å². The second-order valence-electron chi connectivity index (χ2n) is 6.40. The minimum absolute atomic E-state index is 0.569. The van der Waals surface area contributed by atoms with Gasteiger partial charge in [0.15, 0.2) is 0 Å². The first-order valence-electron chi connectivity index (χ1n) is 8.80. The fraction of sp³-hybridized carbons (Fsp3) is 0.778. The van der Waals surface area contributed by atoms with Gasteiger partial charge in [0.1, 0.15) is 11.6 Å². The molecular weight excluding hydrogens is 258 g/mol. The van der Waals surface area contributed by atoms with Crippen LogP contribution in [0.4, 0.5) is 5.82 Å². The molecule has 3 heteroatoms. The maximum atomic E-state index is 4.89. The summed E-state index contributed by atoms with van der Waals surface area (Å²) in [7, 11) is 0. The van der Waals surface area contributed by atoms with Crippen LogP contribution < -0.4 is 5.32 Å². The number of aryl methyl sites for hydroxylation is 1. The number of nitrogens with zero attached hydrogens (tertiary/aromatic N) is 2. The van der Waals surface area contributed by atoms with E-state index in [0.717, 1.165) is 36.9 Å². The third-order valence-electron chi connectivity index (χ3n) is 4.92. The molecule has 1 heterocycles. The van der Waals surface area contributed by atoms with Crippen molar-refractivity contribution in [2.45, 2.75) is 78.6 Å². The summed E-state index contributed by atoms with van der Waals surface area (Å²) in [6, 6.07) is 0. The number of aromatic nitrogens is 2. The molecule has 3 nitrogen and oxygen atoms in total. The molecule has 1 N–H and O–H groups in total. The lowest BCUT2D eigenvalue weighted by Gasteiger charge is -2.27. The van der Waals surface area contributed by atoms with Gasteiger partial charge in [-0.3, -0.25) is 0 Å². The normalized spacial score (nSPS) is 22.3. The Morgan fingerprint density at radius 3 is 2.33 bits per heavy atom. The Morgan fingerprint density at radius 2 is 1.76 bits per heavy atom. The van der Waals surface area contributed by atoms with Gasteiger partial charge in [-0.15, -0.1) is 0 Å². The third kappa shape index (κ3) is 3.96. The van der Waals surface area contributed by atoms with Gasteiger partial charge in [0, 0.05) is 23.7 Å². The summed E-state index contributed by atoms with van der Waals surface area (Å²) in [6.45, 7) is 9.83. The van der Waals surface area contributed by atoms with E-state index in [4.69, 9.17) is 9.97 Å². The summed E-state index contributed by atoms with van der Waals surface area (Å²) >= 11 is 0. The molecule has 0 saturated heterocycles. The van der Waals surface area contributed by atoms with Crippen molar-refractivity contribution in [1.82, 2.24) is 9.97 Å². The van der Waals surface area contributed by atoms with E-state index < -0.39 is 0 Å². The molecule has 1 aliphatic rings. The molecule has 0 aliphatic heterocycles. The molecule has 1 aromatic heterocycles. The smallest absolute Gasteiger partial charge is 0.134 e. The van der Waals surface area contributed by atoms with E-state index in [1.807, 2.05) is 0 Å². The van der Waals surface area contributed by atoms with E-state index in [-0.39, 0.29) is 0 Å². The molecule has 0 aromatic carbocycles. The van der Waals surface area contributed by atoms with Crippen LogP contribution in [0.15, 0.2) is 0 Å². The van der Waals surface area contributed by atoms with Crippen molar-refractivity contribution < 1.29 is 0 Å². The van der Waals surface area contributed by atoms with Crippen molar-refractivity contribution in [2.75, 3.05) is 11.9 Å². The number of nitrogens with one attached hydrogen (secondary N) is 1. The molecule has 21 heavy (non-hydrogen) atoms. The van der Waals surface area contributed by atoms with Crippen LogP contribution in [-0.4, -0.2) is 16.5 Å². The van der Waals surface area contributed by atoms with Crippen LogP contribution in [0.25, 0.3) is 0 Å². The van der Waals surface area contributed by atoms with Gasteiger partial charge in [-0.1, -0.05) is 27.2 Å². The predicted octanol–water partition coefficient (Wildman–Crippen LogP) is 4.85. The fourth-order valence-corrected chi connectivity index (χ4v) is 3.44. The molecule has 0 radical (unpaired) electrons. The third-order valence-corrected chi connectivity index (χ3v) is 4.92. The lowest BCUT2D eigenvalue weighted by Crippen LogP contribution is -2.17. The zero-order chi connectivity index (χ0) is 15.2. The fourth-order valence-electron chi connectivity index (χ4n) is 3.44. The first-order chi connectivity index (χ1) is 10.2. The first kappa shape index (κ1) is 16.3. The summed E-state index contributed by atoms with van der Waals surface area (Å²) in [5.41, 5.74) is 2.45. The van der Waals surface area contributed by atoms with Gasteiger partial charge in [-0.2, -0.15) is 0 Å². The number of anilines is 1. The van der Waals surface area contributed by atoms with Crippen LogP contribution in [0.5, 0.6) is 0 Å². The number of hydrogen-bond donors (Lipinski definition) is 1. The zero-order valence-electron chi connectivity index (χ0n) is 14.2. The molecule has 1 aliphatic carbocycles. The molecular formula is C18H31N3. The van der Waals surface area contributed by atoms with E-state index in [1.165, 1.54) is 43.4 Å². The number of hydrogen-bond acceptors (Lipinski definition) is 3. The molecule has 0 spiro atoms. The molecule has 118 valence electrons. The summed E-state index contributed by atoms with van der Waals surface area (Å²) in [6.07, 6.45) is 8.66. The highest BCUT2D eigenvalue weighted by Gasteiger charge is 2.24. The molecule has 1 fully saturated rings. The molecule has 0 bridgehead atoms. The summed E-state index contributed by atoms with van der Waals surface area (Å²) in [5, 5.41) is 3.50. The average molecular weight is 289 g/mol. The molecule has 1 saturated carbocycles. The summed E-state index contributed by atoms with van der Waals surface area (Å²) in [4.78, 5) is 9.73. The van der Waals surface area contributed by atoms with Gasteiger partial charge in [0.2, 0.25) is 0 Å². The standard InChI is InChI=1S/C18H31N3/c1-5-12-19-18-16(7-3)13(4)20-17(21-18)15-10-8-14(6-2)9-11-15/h14-15H,5-12H2,1-4H3,(H,19,20,21). The Hall–Kier alpha value is -1.12. The lowest BCUT2D eigenvalue weighted by molar-refractivity contribution is 0.312. The van der Waals surface area contributed by atoms with Crippen LogP contribution >= 0.6 is 0 Å². The summed E-state index contributed by atoms with van der Waals surface area (Å²) < 4.78 is 0. The van der Waals surface area contributed by atoms with E-state index in [1.54, 1.807) is 0 Å². The maximum Gasteiger partial charge on any atom is 0.134 e. The summed E-state index contributed by atoms with van der Waals surface area (Å²) in [5.74, 6) is 3.66.